The summed E-state index contributed by atoms with van der Waals surface area (Å²) in [4.78, 5) is 14.4. The highest BCUT2D eigenvalue weighted by atomic mass is 35.5. The summed E-state index contributed by atoms with van der Waals surface area (Å²) in [5.74, 6) is 0.219. The van der Waals surface area contributed by atoms with E-state index in [0.717, 1.165) is 17.5 Å². The molecule has 2 aromatic carbocycles. The smallest absolute Gasteiger partial charge is 0.254 e. The molecule has 0 bridgehead atoms. The number of fused-ring (bicyclic) bond motifs is 1. The first-order chi connectivity index (χ1) is 10.0. The van der Waals surface area contributed by atoms with Gasteiger partial charge in [0.2, 0.25) is 0 Å². The van der Waals surface area contributed by atoms with Gasteiger partial charge in [0.15, 0.2) is 0 Å². The van der Waals surface area contributed by atoms with E-state index in [4.69, 9.17) is 11.6 Å². The third-order valence-corrected chi connectivity index (χ3v) is 4.00. The van der Waals surface area contributed by atoms with Crippen LogP contribution in [-0.4, -0.2) is 22.5 Å². The Kier molecular flexibility index (Phi) is 3.60. The third-order valence-electron chi connectivity index (χ3n) is 3.78. The second kappa shape index (κ2) is 5.41. The lowest BCUT2D eigenvalue weighted by atomic mass is 9.98. The van der Waals surface area contributed by atoms with E-state index < -0.39 is 0 Å². The van der Waals surface area contributed by atoms with Gasteiger partial charge in [0.1, 0.15) is 5.75 Å². The Morgan fingerprint density at radius 1 is 1.19 bits per heavy atom. The third kappa shape index (κ3) is 2.88. The van der Waals surface area contributed by atoms with Gasteiger partial charge in [-0.05, 0) is 60.4 Å². The molecular formula is C17H16ClNO2. The van der Waals surface area contributed by atoms with E-state index in [-0.39, 0.29) is 11.7 Å². The monoisotopic (exact) mass is 301 g/mol. The molecule has 0 fully saturated rings. The number of aryl methyl sites for hydroxylation is 1. The minimum atomic E-state index is -0.0189. The quantitative estimate of drug-likeness (QED) is 0.875. The van der Waals surface area contributed by atoms with Crippen LogP contribution in [0.15, 0.2) is 36.4 Å². The molecule has 1 heterocycles. The zero-order valence-corrected chi connectivity index (χ0v) is 12.5. The first kappa shape index (κ1) is 14.0. The van der Waals surface area contributed by atoms with Crippen molar-refractivity contribution in [2.75, 3.05) is 6.54 Å². The van der Waals surface area contributed by atoms with Crippen LogP contribution in [0.4, 0.5) is 0 Å². The number of nitrogens with zero attached hydrogens (tertiary/aromatic N) is 1. The summed E-state index contributed by atoms with van der Waals surface area (Å²) >= 11 is 6.03. The zero-order chi connectivity index (χ0) is 15.0. The van der Waals surface area contributed by atoms with Crippen LogP contribution in [0.5, 0.6) is 5.75 Å². The molecule has 1 aliphatic rings. The number of amides is 1. The molecule has 0 aliphatic carbocycles. The number of benzene rings is 2. The molecule has 0 unspecified atom stereocenters. The summed E-state index contributed by atoms with van der Waals surface area (Å²) < 4.78 is 0. The van der Waals surface area contributed by atoms with Crippen LogP contribution in [-0.2, 0) is 13.0 Å². The van der Waals surface area contributed by atoms with Crippen molar-refractivity contribution >= 4 is 17.5 Å². The van der Waals surface area contributed by atoms with Crippen molar-refractivity contribution in [1.29, 1.82) is 0 Å². The molecule has 1 N–H and O–H groups in total. The van der Waals surface area contributed by atoms with Gasteiger partial charge in [0, 0.05) is 23.7 Å². The molecule has 3 nitrogen and oxygen atoms in total. The molecule has 1 aliphatic heterocycles. The van der Waals surface area contributed by atoms with E-state index in [9.17, 15) is 9.90 Å². The highest BCUT2D eigenvalue weighted by molar-refractivity contribution is 6.31. The number of rotatable bonds is 1. The van der Waals surface area contributed by atoms with Gasteiger partial charge in [-0.1, -0.05) is 17.7 Å². The second-order valence-electron chi connectivity index (χ2n) is 5.45. The summed E-state index contributed by atoms with van der Waals surface area (Å²) in [7, 11) is 0. The second-order valence-corrected chi connectivity index (χ2v) is 5.88. The molecular weight excluding hydrogens is 286 g/mol. The predicted octanol–water partition coefficient (Wildman–Crippen LogP) is 3.55. The summed E-state index contributed by atoms with van der Waals surface area (Å²) in [6.07, 6.45) is 0.806. The van der Waals surface area contributed by atoms with Crippen molar-refractivity contribution in [2.24, 2.45) is 0 Å². The van der Waals surface area contributed by atoms with Gasteiger partial charge in [0.25, 0.3) is 5.91 Å². The molecule has 3 rings (SSSR count). The molecule has 4 heteroatoms. The fourth-order valence-electron chi connectivity index (χ4n) is 2.76. The Labute approximate surface area is 128 Å². The van der Waals surface area contributed by atoms with Crippen LogP contribution in [0.25, 0.3) is 0 Å². The highest BCUT2D eigenvalue weighted by Gasteiger charge is 2.22. The number of carbonyl (C=O) groups excluding carboxylic acids is 1. The number of phenolic OH excluding ortho intramolecular Hbond substituents is 1. The molecule has 0 spiro atoms. The maximum Gasteiger partial charge on any atom is 0.254 e. The molecule has 0 aromatic heterocycles. The van der Waals surface area contributed by atoms with Crippen molar-refractivity contribution in [3.8, 4) is 5.75 Å². The Morgan fingerprint density at radius 2 is 2.00 bits per heavy atom. The van der Waals surface area contributed by atoms with Gasteiger partial charge in [-0.3, -0.25) is 4.79 Å². The number of carbonyl (C=O) groups is 1. The minimum absolute atomic E-state index is 0.0189. The van der Waals surface area contributed by atoms with Gasteiger partial charge in [-0.2, -0.15) is 0 Å². The Bertz CT molecular complexity index is 692. The largest absolute Gasteiger partial charge is 0.508 e. The standard InChI is InChI=1S/C17H16ClNO2/c1-11-6-13(8-15(18)7-11)17(21)19-5-4-12-2-3-16(20)9-14(12)10-19/h2-3,6-9,20H,4-5,10H2,1H3. The number of halogens is 1. The van der Waals surface area contributed by atoms with E-state index in [1.807, 2.05) is 25.1 Å². The summed E-state index contributed by atoms with van der Waals surface area (Å²) in [6.45, 7) is 3.13. The summed E-state index contributed by atoms with van der Waals surface area (Å²) in [6, 6.07) is 10.7. The lowest BCUT2D eigenvalue weighted by molar-refractivity contribution is 0.0734. The first-order valence-corrected chi connectivity index (χ1v) is 7.28. The Balaban J connectivity index is 1.86. The van der Waals surface area contributed by atoms with E-state index >= 15 is 0 Å². The van der Waals surface area contributed by atoms with Crippen LogP contribution in [0.1, 0.15) is 27.0 Å². The zero-order valence-electron chi connectivity index (χ0n) is 11.8. The van der Waals surface area contributed by atoms with Gasteiger partial charge in [-0.25, -0.2) is 0 Å². The number of hydrogen-bond donors (Lipinski definition) is 1. The number of aromatic hydroxyl groups is 1. The first-order valence-electron chi connectivity index (χ1n) is 6.90. The molecule has 108 valence electrons. The average Bonchev–Trinajstić information content (AvgIpc) is 2.44. The van der Waals surface area contributed by atoms with Crippen molar-refractivity contribution in [1.82, 2.24) is 4.90 Å². The normalized spacial score (nSPS) is 13.9. The maximum atomic E-state index is 12.6. The van der Waals surface area contributed by atoms with E-state index in [1.165, 1.54) is 5.56 Å². The molecule has 21 heavy (non-hydrogen) atoms. The average molecular weight is 302 g/mol. The molecule has 0 atom stereocenters. The Morgan fingerprint density at radius 3 is 2.76 bits per heavy atom. The van der Waals surface area contributed by atoms with Crippen molar-refractivity contribution in [2.45, 2.75) is 19.9 Å². The summed E-state index contributed by atoms with van der Waals surface area (Å²) in [5.41, 5.74) is 3.79. The van der Waals surface area contributed by atoms with Crippen molar-refractivity contribution < 1.29 is 9.90 Å². The van der Waals surface area contributed by atoms with E-state index in [2.05, 4.69) is 0 Å². The molecule has 2 aromatic rings. The lowest BCUT2D eigenvalue weighted by Gasteiger charge is -2.29. The topological polar surface area (TPSA) is 40.5 Å². The Hall–Kier alpha value is -2.00. The van der Waals surface area contributed by atoms with Crippen molar-refractivity contribution in [3.05, 3.63) is 63.7 Å². The van der Waals surface area contributed by atoms with Crippen LogP contribution >= 0.6 is 11.6 Å². The van der Waals surface area contributed by atoms with E-state index in [0.29, 0.717) is 23.7 Å². The molecule has 1 amide bonds. The SMILES string of the molecule is Cc1cc(Cl)cc(C(=O)N2CCc3ccc(O)cc3C2)c1. The lowest BCUT2D eigenvalue weighted by Crippen LogP contribution is -2.35. The van der Waals surface area contributed by atoms with Crippen LogP contribution < -0.4 is 0 Å². The van der Waals surface area contributed by atoms with Crippen molar-refractivity contribution in [3.63, 3.8) is 0 Å². The fourth-order valence-corrected chi connectivity index (χ4v) is 3.05. The predicted molar refractivity (Wildman–Crippen MR) is 82.7 cm³/mol. The van der Waals surface area contributed by atoms with Gasteiger partial charge in [0.05, 0.1) is 0 Å². The van der Waals surface area contributed by atoms with Crippen LogP contribution in [0.3, 0.4) is 0 Å². The van der Waals surface area contributed by atoms with E-state index in [1.54, 1.807) is 23.1 Å². The number of hydrogen-bond acceptors (Lipinski definition) is 2. The van der Waals surface area contributed by atoms with Gasteiger partial charge >= 0.3 is 0 Å². The maximum absolute atomic E-state index is 12.6. The molecule has 0 radical (unpaired) electrons. The molecule has 0 saturated carbocycles. The highest BCUT2D eigenvalue weighted by Crippen LogP contribution is 2.25. The number of phenols is 1. The summed E-state index contributed by atoms with van der Waals surface area (Å²) in [5, 5.41) is 10.2. The molecule has 0 saturated heterocycles. The fraction of sp³-hybridized carbons (Fsp3) is 0.235. The minimum Gasteiger partial charge on any atom is -0.508 e. The van der Waals surface area contributed by atoms with Crippen LogP contribution in [0.2, 0.25) is 5.02 Å². The van der Waals surface area contributed by atoms with Crippen LogP contribution in [0, 0.1) is 6.92 Å². The van der Waals surface area contributed by atoms with Gasteiger partial charge in [-0.15, -0.1) is 0 Å². The van der Waals surface area contributed by atoms with Gasteiger partial charge < -0.3 is 10.0 Å².